The molecule has 1 N–H and O–H groups in total. The molecule has 0 aromatic heterocycles. The number of aryl methyl sites for hydroxylation is 1. The van der Waals surface area contributed by atoms with Gasteiger partial charge in [0, 0.05) is 0 Å². The molecule has 0 fully saturated rings. The number of hydrogen-bond acceptors (Lipinski definition) is 4. The van der Waals surface area contributed by atoms with E-state index in [1.54, 1.807) is 24.3 Å². The topological polar surface area (TPSA) is 86.7 Å². The predicted molar refractivity (Wildman–Crippen MR) is 118 cm³/mol. The number of ether oxygens (including phenoxy) is 1. The summed E-state index contributed by atoms with van der Waals surface area (Å²) in [5.74, 6) is 0.322. The zero-order chi connectivity index (χ0) is 21.8. The molecule has 0 aliphatic heterocycles. The summed E-state index contributed by atoms with van der Waals surface area (Å²) in [6, 6.07) is 10.7. The largest absolute Gasteiger partial charge is 1.00 e. The Labute approximate surface area is 229 Å². The van der Waals surface area contributed by atoms with Gasteiger partial charge < -0.3 is 9.84 Å². The van der Waals surface area contributed by atoms with Crippen molar-refractivity contribution in [3.63, 3.8) is 0 Å². The Morgan fingerprint density at radius 2 is 1.45 bits per heavy atom. The van der Waals surface area contributed by atoms with Crippen LogP contribution in [0.5, 0.6) is 17.2 Å². The van der Waals surface area contributed by atoms with Crippen LogP contribution in [0.4, 0.5) is 0 Å². The van der Waals surface area contributed by atoms with Gasteiger partial charge in [-0.1, -0.05) is 88.7 Å². The molecule has 2 aromatic carbocycles. The first-order chi connectivity index (χ1) is 14.4. The number of unbranched alkanes of at least 4 members (excludes halogenated alkanes) is 9. The molecular weight excluding hydrogens is 439 g/mol. The van der Waals surface area contributed by atoms with Crippen molar-refractivity contribution < 1.29 is 74.2 Å². The second-order valence-electron chi connectivity index (χ2n) is 7.73. The fourth-order valence-electron chi connectivity index (χ4n) is 3.53. The second-order valence-corrected chi connectivity index (χ2v) is 9.12. The minimum atomic E-state index is -4.31. The van der Waals surface area contributed by atoms with Gasteiger partial charge >= 0.3 is 51.4 Å². The maximum atomic E-state index is 11.8. The average Bonchev–Trinajstić information content (AvgIpc) is 2.70. The van der Waals surface area contributed by atoms with Crippen molar-refractivity contribution in [1.29, 1.82) is 0 Å². The molecule has 0 radical (unpaired) electrons. The average molecular weight is 473 g/mol. The third kappa shape index (κ3) is 10.8. The molecule has 31 heavy (non-hydrogen) atoms. The van der Waals surface area contributed by atoms with E-state index in [4.69, 9.17) is 4.74 Å². The molecule has 0 aliphatic carbocycles. The molecule has 0 bridgehead atoms. The summed E-state index contributed by atoms with van der Waals surface area (Å²) in [6.45, 7) is 2.22. The maximum absolute atomic E-state index is 11.8. The van der Waals surface area contributed by atoms with Crippen molar-refractivity contribution in [3.8, 4) is 17.2 Å². The van der Waals surface area contributed by atoms with Gasteiger partial charge in [-0.3, -0.25) is 4.55 Å². The van der Waals surface area contributed by atoms with Crippen LogP contribution in [0, 0.1) is 0 Å². The zero-order valence-corrected chi connectivity index (χ0v) is 22.7. The number of rotatable bonds is 14. The molecule has 0 spiro atoms. The van der Waals surface area contributed by atoms with E-state index in [0.29, 0.717) is 17.7 Å². The van der Waals surface area contributed by atoms with Gasteiger partial charge in [0.05, 0.1) is 4.90 Å². The van der Waals surface area contributed by atoms with Crippen LogP contribution in [0.3, 0.4) is 0 Å². The Hall–Kier alpha value is -0.414. The minimum Gasteiger partial charge on any atom is -0.870 e. The van der Waals surface area contributed by atoms with E-state index >= 15 is 0 Å². The summed E-state index contributed by atoms with van der Waals surface area (Å²) in [6.07, 6.45) is 12.4. The van der Waals surface area contributed by atoms with Gasteiger partial charge in [-0.2, -0.15) is 8.42 Å². The molecular formula is C24H33KO5S. The van der Waals surface area contributed by atoms with Crippen LogP contribution in [0.2, 0.25) is 0 Å². The zero-order valence-electron chi connectivity index (χ0n) is 18.8. The maximum Gasteiger partial charge on any atom is 1.00 e. The molecule has 0 aliphatic rings. The van der Waals surface area contributed by atoms with E-state index in [9.17, 15) is 18.1 Å². The van der Waals surface area contributed by atoms with Crippen LogP contribution in [-0.4, -0.2) is 13.0 Å². The van der Waals surface area contributed by atoms with Crippen LogP contribution in [-0.2, 0) is 16.5 Å². The van der Waals surface area contributed by atoms with Crippen LogP contribution in [0.1, 0.15) is 76.7 Å². The van der Waals surface area contributed by atoms with Crippen LogP contribution in [0.15, 0.2) is 47.4 Å². The Kier molecular flexibility index (Phi) is 14.2. The molecule has 2 aromatic rings. The van der Waals surface area contributed by atoms with Crippen molar-refractivity contribution in [2.24, 2.45) is 0 Å². The molecule has 2 rings (SSSR count). The first-order valence-electron chi connectivity index (χ1n) is 11.0. The quantitative estimate of drug-likeness (QED) is 0.259. The Bertz CT molecular complexity index is 883. The van der Waals surface area contributed by atoms with E-state index in [-0.39, 0.29) is 67.8 Å². The standard InChI is InChI=1S/C24H34O5S.K/c1-2-3-4-5-6-7-8-9-10-11-14-20-19-21(17-18-24(20)30(26,27)28)29-23-16-13-12-15-22(23)25;/h12-13,15-19,25H,2-11,14H2,1H3,(H,26,27,28);/q;+1/p-1. The monoisotopic (exact) mass is 472 g/mol. The fraction of sp³-hybridized carbons (Fsp3) is 0.500. The van der Waals surface area contributed by atoms with Gasteiger partial charge in [-0.25, -0.2) is 0 Å². The van der Waals surface area contributed by atoms with Gasteiger partial charge in [0.25, 0.3) is 10.1 Å². The summed E-state index contributed by atoms with van der Waals surface area (Å²) in [5.41, 5.74) is 0.512. The SMILES string of the molecule is CCCCCCCCCCCCc1cc(Oc2ccccc2[O-])ccc1S(=O)(=O)O.[K+]. The van der Waals surface area contributed by atoms with E-state index in [1.807, 2.05) is 0 Å². The van der Waals surface area contributed by atoms with Crippen LogP contribution < -0.4 is 61.2 Å². The molecule has 7 heteroatoms. The molecule has 0 atom stereocenters. The Balaban J connectivity index is 0.00000480. The molecule has 5 nitrogen and oxygen atoms in total. The fourth-order valence-corrected chi connectivity index (χ4v) is 4.26. The molecule has 166 valence electrons. The van der Waals surface area contributed by atoms with Gasteiger partial charge in [-0.15, -0.1) is 0 Å². The first kappa shape index (κ1) is 28.6. The molecule has 0 amide bonds. The predicted octanol–water partition coefficient (Wildman–Crippen LogP) is 3.27. The van der Waals surface area contributed by atoms with Crippen LogP contribution in [0.25, 0.3) is 0 Å². The van der Waals surface area contributed by atoms with E-state index < -0.39 is 10.1 Å². The normalized spacial score (nSPS) is 11.2. The second kappa shape index (κ2) is 15.4. The van der Waals surface area contributed by atoms with Gasteiger partial charge in [-0.05, 0) is 42.7 Å². The summed E-state index contributed by atoms with van der Waals surface area (Å²) < 4.78 is 38.6. The van der Waals surface area contributed by atoms with Crippen molar-refractivity contribution in [1.82, 2.24) is 0 Å². The van der Waals surface area contributed by atoms with Crippen LogP contribution >= 0.6 is 0 Å². The first-order valence-corrected chi connectivity index (χ1v) is 12.4. The van der Waals surface area contributed by atoms with Gasteiger partial charge in [0.1, 0.15) is 11.5 Å². The van der Waals surface area contributed by atoms with Crippen molar-refractivity contribution in [2.75, 3.05) is 0 Å². The van der Waals surface area contributed by atoms with Crippen molar-refractivity contribution in [2.45, 2.75) is 82.4 Å². The van der Waals surface area contributed by atoms with Gasteiger partial charge in [0.2, 0.25) is 0 Å². The number of benzene rings is 2. The van der Waals surface area contributed by atoms with Gasteiger partial charge in [0.15, 0.2) is 0 Å². The van der Waals surface area contributed by atoms with E-state index in [0.717, 1.165) is 19.3 Å². The van der Waals surface area contributed by atoms with E-state index in [1.165, 1.54) is 63.1 Å². The van der Waals surface area contributed by atoms with E-state index in [2.05, 4.69) is 6.92 Å². The molecule has 0 heterocycles. The Morgan fingerprint density at radius 1 is 0.871 bits per heavy atom. The summed E-state index contributed by atoms with van der Waals surface area (Å²) >= 11 is 0. The smallest absolute Gasteiger partial charge is 0.870 e. The third-order valence-electron chi connectivity index (χ3n) is 5.19. The number of para-hydroxylation sites is 2. The Morgan fingerprint density at radius 3 is 2.03 bits per heavy atom. The number of hydrogen-bond donors (Lipinski definition) is 1. The van der Waals surface area contributed by atoms with Crippen molar-refractivity contribution >= 4 is 10.1 Å². The van der Waals surface area contributed by atoms with Crippen molar-refractivity contribution in [3.05, 3.63) is 48.0 Å². The third-order valence-corrected chi connectivity index (χ3v) is 6.14. The summed E-state index contributed by atoms with van der Waals surface area (Å²) in [7, 11) is -4.31. The molecule has 0 unspecified atom stereocenters. The minimum absolute atomic E-state index is 0. The molecule has 0 saturated carbocycles. The summed E-state index contributed by atoms with van der Waals surface area (Å²) in [5, 5.41) is 11.8. The summed E-state index contributed by atoms with van der Waals surface area (Å²) in [4.78, 5) is -0.0961. The molecule has 0 saturated heterocycles.